The molecule has 162 valence electrons. The van der Waals surface area contributed by atoms with Crippen molar-refractivity contribution in [2.24, 2.45) is 5.92 Å². The maximum atomic E-state index is 13.6. The van der Waals surface area contributed by atoms with Gasteiger partial charge >= 0.3 is 0 Å². The number of hydrogen-bond donors (Lipinski definition) is 1. The van der Waals surface area contributed by atoms with Crippen molar-refractivity contribution in [3.8, 4) is 5.75 Å². The van der Waals surface area contributed by atoms with Crippen molar-refractivity contribution in [2.45, 2.75) is 84.2 Å². The van der Waals surface area contributed by atoms with E-state index in [4.69, 9.17) is 0 Å². The maximum absolute atomic E-state index is 13.6. The van der Waals surface area contributed by atoms with Crippen molar-refractivity contribution in [3.05, 3.63) is 64.2 Å². The molecule has 3 rings (SSSR count). The summed E-state index contributed by atoms with van der Waals surface area (Å²) in [6.07, 6.45) is 9.70. The van der Waals surface area contributed by atoms with Crippen molar-refractivity contribution in [1.29, 1.82) is 0 Å². The molecule has 0 bridgehead atoms. The summed E-state index contributed by atoms with van der Waals surface area (Å²) in [6, 6.07) is 12.3. The monoisotopic (exact) mass is 410 g/mol. The number of aromatic hydroxyl groups is 1. The van der Waals surface area contributed by atoms with Crippen LogP contribution in [0.15, 0.2) is 36.4 Å². The molecular formula is C27H35FO2. The summed E-state index contributed by atoms with van der Waals surface area (Å²) in [4.78, 5) is 11.9. The second-order valence-corrected chi connectivity index (χ2v) is 8.76. The van der Waals surface area contributed by atoms with Gasteiger partial charge in [0, 0.05) is 12.0 Å². The quantitative estimate of drug-likeness (QED) is 0.440. The molecule has 1 fully saturated rings. The average molecular weight is 411 g/mol. The first-order valence-electron chi connectivity index (χ1n) is 11.6. The van der Waals surface area contributed by atoms with Crippen LogP contribution in [-0.2, 0) is 19.5 Å². The molecule has 0 aliphatic heterocycles. The molecule has 0 spiro atoms. The van der Waals surface area contributed by atoms with Crippen molar-refractivity contribution < 1.29 is 14.3 Å². The van der Waals surface area contributed by atoms with Crippen LogP contribution in [0.3, 0.4) is 0 Å². The molecule has 0 saturated heterocycles. The summed E-state index contributed by atoms with van der Waals surface area (Å²) in [7, 11) is 0. The molecule has 3 heteroatoms. The lowest BCUT2D eigenvalue weighted by Crippen LogP contribution is -2.13. The van der Waals surface area contributed by atoms with Gasteiger partial charge in [0.15, 0.2) is 5.78 Å². The number of alkyl halides is 1. The van der Waals surface area contributed by atoms with Crippen LogP contribution in [0.25, 0.3) is 0 Å². The van der Waals surface area contributed by atoms with E-state index in [-0.39, 0.29) is 22.7 Å². The predicted molar refractivity (Wildman–Crippen MR) is 121 cm³/mol. The van der Waals surface area contributed by atoms with E-state index in [0.29, 0.717) is 18.8 Å². The fourth-order valence-corrected chi connectivity index (χ4v) is 4.91. The number of aryl methyl sites for hydroxylation is 2. The predicted octanol–water partition coefficient (Wildman–Crippen LogP) is 7.31. The number of phenolic OH excluding ortho intramolecular Hbond substituents is 1. The third kappa shape index (κ3) is 5.30. The van der Waals surface area contributed by atoms with Crippen LogP contribution in [0.1, 0.15) is 97.3 Å². The number of Topliss-reactive ketones (excluding diaryl/α,β-unsaturated/α-hetero) is 1. The maximum Gasteiger partial charge on any atom is 0.166 e. The van der Waals surface area contributed by atoms with Gasteiger partial charge in [0.05, 0.1) is 5.56 Å². The van der Waals surface area contributed by atoms with Gasteiger partial charge in [-0.25, -0.2) is 4.39 Å². The van der Waals surface area contributed by atoms with E-state index in [9.17, 15) is 14.3 Å². The molecule has 0 amide bonds. The molecule has 1 aliphatic rings. The number of ketones is 1. The summed E-state index contributed by atoms with van der Waals surface area (Å²) in [6.45, 7) is 3.26. The Hall–Kier alpha value is -2.16. The van der Waals surface area contributed by atoms with Crippen molar-refractivity contribution in [3.63, 3.8) is 0 Å². The molecule has 2 nitrogen and oxygen atoms in total. The first kappa shape index (κ1) is 22.5. The van der Waals surface area contributed by atoms with Gasteiger partial charge in [-0.05, 0) is 73.1 Å². The number of carbonyl (C=O) groups excluding carboxylic acids is 1. The highest BCUT2D eigenvalue weighted by Gasteiger charge is 2.22. The van der Waals surface area contributed by atoms with Crippen LogP contribution in [0.2, 0.25) is 0 Å². The number of hydrogen-bond acceptors (Lipinski definition) is 2. The van der Waals surface area contributed by atoms with Gasteiger partial charge in [0.1, 0.15) is 12.4 Å². The van der Waals surface area contributed by atoms with E-state index in [0.717, 1.165) is 17.9 Å². The van der Waals surface area contributed by atoms with Gasteiger partial charge in [-0.15, -0.1) is 0 Å². The highest BCUT2D eigenvalue weighted by atomic mass is 19.1. The largest absolute Gasteiger partial charge is 0.507 e. The van der Waals surface area contributed by atoms with Crippen LogP contribution in [0, 0.1) is 5.92 Å². The van der Waals surface area contributed by atoms with Gasteiger partial charge in [-0.2, -0.15) is 0 Å². The van der Waals surface area contributed by atoms with E-state index >= 15 is 0 Å². The summed E-state index contributed by atoms with van der Waals surface area (Å²) in [5.74, 6) is 1.26. The lowest BCUT2D eigenvalue weighted by Gasteiger charge is -2.28. The van der Waals surface area contributed by atoms with Crippen LogP contribution >= 0.6 is 0 Å². The van der Waals surface area contributed by atoms with Crippen LogP contribution in [0.4, 0.5) is 4.39 Å². The first-order valence-corrected chi connectivity index (χ1v) is 11.6. The topological polar surface area (TPSA) is 37.3 Å². The highest BCUT2D eigenvalue weighted by molar-refractivity contribution is 5.98. The number of phenols is 1. The zero-order valence-corrected chi connectivity index (χ0v) is 18.4. The van der Waals surface area contributed by atoms with Gasteiger partial charge in [0.2, 0.25) is 0 Å². The molecule has 0 aromatic heterocycles. The van der Waals surface area contributed by atoms with Gasteiger partial charge in [0.25, 0.3) is 0 Å². The summed E-state index contributed by atoms with van der Waals surface area (Å²) in [5, 5.41) is 10.3. The molecule has 1 N–H and O–H groups in total. The number of halogens is 1. The van der Waals surface area contributed by atoms with Crippen molar-refractivity contribution >= 4 is 5.78 Å². The first-order chi connectivity index (χ1) is 14.6. The smallest absolute Gasteiger partial charge is 0.166 e. The van der Waals surface area contributed by atoms with Crippen LogP contribution in [-0.4, -0.2) is 10.9 Å². The van der Waals surface area contributed by atoms with E-state index in [1.807, 2.05) is 0 Å². The van der Waals surface area contributed by atoms with Gasteiger partial charge < -0.3 is 5.11 Å². The van der Waals surface area contributed by atoms with Crippen molar-refractivity contribution in [2.75, 3.05) is 0 Å². The second-order valence-electron chi connectivity index (χ2n) is 8.76. The Kier molecular flexibility index (Phi) is 8.07. The number of carbonyl (C=O) groups is 1. The SMILES string of the molecule is CCCC1CCC(c2ccc(CCc3ccc(C(=O)CC)c(O)c3CF)cc2)CC1. The molecule has 2 aromatic rings. The fraction of sp³-hybridized carbons (Fsp3) is 0.519. The summed E-state index contributed by atoms with van der Waals surface area (Å²) in [5.41, 5.74) is 3.93. The molecular weight excluding hydrogens is 375 g/mol. The third-order valence-electron chi connectivity index (χ3n) is 6.81. The Labute approximate surface area is 180 Å². The van der Waals surface area contributed by atoms with E-state index in [2.05, 4.69) is 31.2 Å². The normalized spacial score (nSPS) is 19.0. The lowest BCUT2D eigenvalue weighted by molar-refractivity contribution is 0.0985. The molecule has 0 atom stereocenters. The molecule has 0 unspecified atom stereocenters. The Balaban J connectivity index is 1.62. The Morgan fingerprint density at radius 3 is 2.30 bits per heavy atom. The molecule has 1 saturated carbocycles. The fourth-order valence-electron chi connectivity index (χ4n) is 4.91. The average Bonchev–Trinajstić information content (AvgIpc) is 2.78. The minimum atomic E-state index is -0.758. The molecule has 0 heterocycles. The summed E-state index contributed by atoms with van der Waals surface area (Å²) < 4.78 is 13.6. The third-order valence-corrected chi connectivity index (χ3v) is 6.81. The van der Waals surface area contributed by atoms with Crippen LogP contribution in [0.5, 0.6) is 5.75 Å². The highest BCUT2D eigenvalue weighted by Crippen LogP contribution is 2.37. The molecule has 0 radical (unpaired) electrons. The molecule has 1 aliphatic carbocycles. The summed E-state index contributed by atoms with van der Waals surface area (Å²) >= 11 is 0. The number of rotatable bonds is 9. The second kappa shape index (κ2) is 10.7. The number of benzene rings is 2. The Morgan fingerprint density at radius 2 is 1.70 bits per heavy atom. The lowest BCUT2D eigenvalue weighted by atomic mass is 9.77. The zero-order valence-electron chi connectivity index (χ0n) is 18.4. The molecule has 30 heavy (non-hydrogen) atoms. The zero-order chi connectivity index (χ0) is 21.5. The van der Waals surface area contributed by atoms with Crippen LogP contribution < -0.4 is 0 Å². The Bertz CT molecular complexity index is 833. The minimum Gasteiger partial charge on any atom is -0.507 e. The van der Waals surface area contributed by atoms with Gasteiger partial charge in [-0.3, -0.25) is 4.79 Å². The minimum absolute atomic E-state index is 0.159. The van der Waals surface area contributed by atoms with Gasteiger partial charge in [-0.1, -0.05) is 57.0 Å². The Morgan fingerprint density at radius 1 is 1.00 bits per heavy atom. The van der Waals surface area contributed by atoms with Crippen molar-refractivity contribution in [1.82, 2.24) is 0 Å². The standard InChI is InChI=1S/C27H35FO2/c1-3-5-19-6-11-21(12-7-19)22-13-8-20(9-14-22)10-15-23-16-17-24(26(29)4-2)27(30)25(23)18-28/h8-9,13-14,16-17,19,21,30H,3-7,10-12,15,18H2,1-2H3. The molecule has 2 aromatic carbocycles. The van der Waals surface area contributed by atoms with E-state index in [1.165, 1.54) is 49.7 Å². The van der Waals surface area contributed by atoms with E-state index in [1.54, 1.807) is 19.1 Å². The van der Waals surface area contributed by atoms with E-state index < -0.39 is 6.67 Å².